The number of aryl methyl sites for hydroxylation is 2. The standard InChI is InChI=1S/C15H18N6O2/c1-8(2)14-19-18-12-6-5-11(7-21(12)14)16-15(22)17-13-9(3)20-23-10(13)4/h5-8H,1-4H3,(H2,16,17,22). The SMILES string of the molecule is Cc1noc(C)c1NC(=O)Nc1ccc2nnc(C(C)C)n2c1. The van der Waals surface area contributed by atoms with Crippen molar-refractivity contribution in [2.75, 3.05) is 10.6 Å². The Morgan fingerprint density at radius 1 is 1.22 bits per heavy atom. The number of anilines is 2. The first-order valence-electron chi connectivity index (χ1n) is 7.31. The van der Waals surface area contributed by atoms with E-state index in [1.165, 1.54) is 0 Å². The molecule has 0 aromatic carbocycles. The molecule has 3 heterocycles. The monoisotopic (exact) mass is 314 g/mol. The number of nitrogens with one attached hydrogen (secondary N) is 2. The highest BCUT2D eigenvalue weighted by molar-refractivity contribution is 6.00. The molecule has 0 fully saturated rings. The second kappa shape index (κ2) is 5.71. The minimum absolute atomic E-state index is 0.233. The van der Waals surface area contributed by atoms with Crippen molar-refractivity contribution in [2.45, 2.75) is 33.6 Å². The van der Waals surface area contributed by atoms with Gasteiger partial charge in [-0.3, -0.25) is 4.40 Å². The van der Waals surface area contributed by atoms with Crippen molar-refractivity contribution in [2.24, 2.45) is 0 Å². The lowest BCUT2D eigenvalue weighted by Crippen LogP contribution is -2.20. The van der Waals surface area contributed by atoms with Gasteiger partial charge in [0.05, 0.1) is 5.69 Å². The first-order valence-corrected chi connectivity index (χ1v) is 7.31. The van der Waals surface area contributed by atoms with E-state index in [0.717, 1.165) is 11.5 Å². The molecule has 0 radical (unpaired) electrons. The summed E-state index contributed by atoms with van der Waals surface area (Å²) >= 11 is 0. The van der Waals surface area contributed by atoms with Crippen LogP contribution in [-0.2, 0) is 0 Å². The van der Waals surface area contributed by atoms with E-state index in [-0.39, 0.29) is 11.9 Å². The molecule has 0 spiro atoms. The normalized spacial score (nSPS) is 11.2. The fourth-order valence-corrected chi connectivity index (χ4v) is 2.31. The number of fused-ring (bicyclic) bond motifs is 1. The molecule has 2 amide bonds. The number of nitrogens with zero attached hydrogens (tertiary/aromatic N) is 4. The summed E-state index contributed by atoms with van der Waals surface area (Å²) in [6.45, 7) is 7.60. The topological polar surface area (TPSA) is 97.3 Å². The van der Waals surface area contributed by atoms with Crippen LogP contribution in [0.4, 0.5) is 16.2 Å². The van der Waals surface area contributed by atoms with E-state index in [9.17, 15) is 4.79 Å². The summed E-state index contributed by atoms with van der Waals surface area (Å²) in [6, 6.07) is 3.23. The lowest BCUT2D eigenvalue weighted by Gasteiger charge is -2.08. The lowest BCUT2D eigenvalue weighted by atomic mass is 10.2. The minimum Gasteiger partial charge on any atom is -0.359 e. The number of hydrogen-bond acceptors (Lipinski definition) is 5. The highest BCUT2D eigenvalue weighted by Gasteiger charge is 2.13. The van der Waals surface area contributed by atoms with Gasteiger partial charge in [-0.2, -0.15) is 0 Å². The Morgan fingerprint density at radius 3 is 2.65 bits per heavy atom. The predicted octanol–water partition coefficient (Wildman–Crippen LogP) is 3.10. The van der Waals surface area contributed by atoms with Gasteiger partial charge in [-0.1, -0.05) is 19.0 Å². The smallest absolute Gasteiger partial charge is 0.323 e. The zero-order chi connectivity index (χ0) is 16.6. The maximum absolute atomic E-state index is 12.1. The largest absolute Gasteiger partial charge is 0.359 e. The molecule has 0 saturated carbocycles. The summed E-state index contributed by atoms with van der Waals surface area (Å²) in [6.07, 6.45) is 1.80. The number of rotatable bonds is 3. The van der Waals surface area contributed by atoms with Crippen molar-refractivity contribution in [1.29, 1.82) is 0 Å². The zero-order valence-electron chi connectivity index (χ0n) is 13.4. The lowest BCUT2D eigenvalue weighted by molar-refractivity contribution is 0.262. The first kappa shape index (κ1) is 15.0. The van der Waals surface area contributed by atoms with E-state index < -0.39 is 0 Å². The van der Waals surface area contributed by atoms with Gasteiger partial charge < -0.3 is 15.2 Å². The van der Waals surface area contributed by atoms with E-state index in [2.05, 4.69) is 26.0 Å². The maximum Gasteiger partial charge on any atom is 0.323 e. The van der Waals surface area contributed by atoms with E-state index in [0.29, 0.717) is 22.8 Å². The average molecular weight is 314 g/mol. The summed E-state index contributed by atoms with van der Waals surface area (Å²) in [7, 11) is 0. The van der Waals surface area contributed by atoms with E-state index >= 15 is 0 Å². The highest BCUT2D eigenvalue weighted by Crippen LogP contribution is 2.20. The molecule has 0 aliphatic rings. The molecular formula is C15H18N6O2. The Balaban J connectivity index is 1.81. The van der Waals surface area contributed by atoms with Crippen molar-refractivity contribution in [3.05, 3.63) is 35.6 Å². The Bertz CT molecular complexity index is 845. The predicted molar refractivity (Wildman–Crippen MR) is 85.7 cm³/mol. The highest BCUT2D eigenvalue weighted by atomic mass is 16.5. The van der Waals surface area contributed by atoms with Crippen LogP contribution in [0.1, 0.15) is 37.0 Å². The second-order valence-electron chi connectivity index (χ2n) is 5.64. The molecule has 0 unspecified atom stereocenters. The van der Waals surface area contributed by atoms with Gasteiger partial charge in [0, 0.05) is 12.1 Å². The van der Waals surface area contributed by atoms with Crippen LogP contribution in [0.15, 0.2) is 22.9 Å². The number of amides is 2. The van der Waals surface area contributed by atoms with E-state index in [4.69, 9.17) is 4.52 Å². The van der Waals surface area contributed by atoms with Crippen LogP contribution in [0.5, 0.6) is 0 Å². The molecule has 8 heteroatoms. The fourth-order valence-electron chi connectivity index (χ4n) is 2.31. The van der Waals surface area contributed by atoms with Gasteiger partial charge in [0.1, 0.15) is 17.2 Å². The Morgan fingerprint density at radius 2 is 2.00 bits per heavy atom. The summed E-state index contributed by atoms with van der Waals surface area (Å²) in [5.41, 5.74) is 2.60. The van der Waals surface area contributed by atoms with Gasteiger partial charge >= 0.3 is 6.03 Å². The van der Waals surface area contributed by atoms with Gasteiger partial charge in [0.15, 0.2) is 11.4 Å². The molecule has 23 heavy (non-hydrogen) atoms. The van der Waals surface area contributed by atoms with Crippen LogP contribution in [0.2, 0.25) is 0 Å². The summed E-state index contributed by atoms with van der Waals surface area (Å²) in [4.78, 5) is 12.1. The third kappa shape index (κ3) is 2.87. The van der Waals surface area contributed by atoms with E-state index in [1.54, 1.807) is 26.1 Å². The second-order valence-corrected chi connectivity index (χ2v) is 5.64. The molecular weight excluding hydrogens is 296 g/mol. The van der Waals surface area contributed by atoms with Gasteiger partial charge in [-0.15, -0.1) is 10.2 Å². The number of carbonyl (C=O) groups is 1. The van der Waals surface area contributed by atoms with Crippen molar-refractivity contribution in [1.82, 2.24) is 19.8 Å². The molecule has 120 valence electrons. The fraction of sp³-hybridized carbons (Fsp3) is 0.333. The zero-order valence-corrected chi connectivity index (χ0v) is 13.4. The van der Waals surface area contributed by atoms with Crippen LogP contribution < -0.4 is 10.6 Å². The van der Waals surface area contributed by atoms with Crippen molar-refractivity contribution >= 4 is 23.1 Å². The number of pyridine rings is 1. The summed E-state index contributed by atoms with van der Waals surface area (Å²) in [5, 5.41) is 17.6. The van der Waals surface area contributed by atoms with Crippen LogP contribution in [0.25, 0.3) is 5.65 Å². The molecule has 2 N–H and O–H groups in total. The third-order valence-corrected chi connectivity index (χ3v) is 3.47. The van der Waals surface area contributed by atoms with Gasteiger partial charge in [-0.25, -0.2) is 4.79 Å². The van der Waals surface area contributed by atoms with Crippen LogP contribution in [-0.4, -0.2) is 25.8 Å². The molecule has 0 atom stereocenters. The molecule has 0 aliphatic carbocycles. The molecule has 0 saturated heterocycles. The number of carbonyl (C=O) groups excluding carboxylic acids is 1. The molecule has 0 bridgehead atoms. The molecule has 0 aliphatic heterocycles. The van der Waals surface area contributed by atoms with Crippen LogP contribution >= 0.6 is 0 Å². The van der Waals surface area contributed by atoms with Gasteiger partial charge in [0.2, 0.25) is 0 Å². The minimum atomic E-state index is -0.363. The van der Waals surface area contributed by atoms with Gasteiger partial charge in [-0.05, 0) is 26.0 Å². The van der Waals surface area contributed by atoms with Crippen molar-refractivity contribution in [3.63, 3.8) is 0 Å². The Kier molecular flexibility index (Phi) is 3.73. The maximum atomic E-state index is 12.1. The first-order chi connectivity index (χ1) is 11.0. The number of aromatic nitrogens is 4. The number of hydrogen-bond donors (Lipinski definition) is 2. The van der Waals surface area contributed by atoms with Crippen molar-refractivity contribution < 1.29 is 9.32 Å². The van der Waals surface area contributed by atoms with Crippen molar-refractivity contribution in [3.8, 4) is 0 Å². The molecule has 3 rings (SSSR count). The van der Waals surface area contributed by atoms with Gasteiger partial charge in [0.25, 0.3) is 0 Å². The van der Waals surface area contributed by atoms with Crippen LogP contribution in [0, 0.1) is 13.8 Å². The third-order valence-electron chi connectivity index (χ3n) is 3.47. The quantitative estimate of drug-likeness (QED) is 0.774. The summed E-state index contributed by atoms with van der Waals surface area (Å²) in [5.74, 6) is 1.64. The number of urea groups is 1. The Hall–Kier alpha value is -2.90. The molecule has 3 aromatic rings. The molecule has 3 aromatic heterocycles. The Labute approximate surface area is 132 Å². The molecule has 8 nitrogen and oxygen atoms in total. The average Bonchev–Trinajstić information content (AvgIpc) is 3.05. The van der Waals surface area contributed by atoms with Crippen LogP contribution in [0.3, 0.4) is 0 Å². The van der Waals surface area contributed by atoms with E-state index in [1.807, 2.05) is 24.3 Å². The summed E-state index contributed by atoms with van der Waals surface area (Å²) < 4.78 is 6.89.